The maximum atomic E-state index is 13.7. The molecule has 2 aromatic carbocycles. The molecule has 1 N–H and O–H groups in total. The highest BCUT2D eigenvalue weighted by atomic mass is 19.1. The summed E-state index contributed by atoms with van der Waals surface area (Å²) < 4.78 is 15.0. The lowest BCUT2D eigenvalue weighted by molar-refractivity contribution is 0.0948. The van der Waals surface area contributed by atoms with Gasteiger partial charge in [-0.3, -0.25) is 9.59 Å². The predicted molar refractivity (Wildman–Crippen MR) is 103 cm³/mol. The molecule has 0 unspecified atom stereocenters. The van der Waals surface area contributed by atoms with Gasteiger partial charge in [0.25, 0.3) is 11.5 Å². The van der Waals surface area contributed by atoms with Crippen LogP contribution in [-0.2, 0) is 13.0 Å². The van der Waals surface area contributed by atoms with Crippen LogP contribution < -0.4 is 10.9 Å². The van der Waals surface area contributed by atoms with E-state index >= 15 is 0 Å². The molecule has 5 nitrogen and oxygen atoms in total. The Morgan fingerprint density at radius 1 is 1.11 bits per heavy atom. The molecule has 0 aliphatic rings. The molecular weight excluding hydrogens is 345 g/mol. The van der Waals surface area contributed by atoms with Crippen molar-refractivity contribution < 1.29 is 9.18 Å². The normalized spacial score (nSPS) is 11.1. The number of nitrogens with zero attached hydrogens (tertiary/aromatic N) is 2. The fourth-order valence-corrected chi connectivity index (χ4v) is 2.97. The van der Waals surface area contributed by atoms with E-state index < -0.39 is 0 Å². The first kappa shape index (κ1) is 18.8. The highest BCUT2D eigenvalue weighted by Gasteiger charge is 2.17. The second-order valence-electron chi connectivity index (χ2n) is 6.87. The van der Waals surface area contributed by atoms with Crippen LogP contribution in [0.1, 0.15) is 29.9 Å². The molecule has 0 fully saturated rings. The SMILES string of the molecule is CC(C)Cn1nc(C(=O)NCCc2ccccc2F)c2ccccc2c1=O. The van der Waals surface area contributed by atoms with Crippen LogP contribution in [-0.4, -0.2) is 22.2 Å². The molecule has 0 spiro atoms. The molecule has 3 rings (SSSR count). The summed E-state index contributed by atoms with van der Waals surface area (Å²) in [5.74, 6) is -0.450. The topological polar surface area (TPSA) is 64.0 Å². The number of aromatic nitrogens is 2. The summed E-state index contributed by atoms with van der Waals surface area (Å²) in [7, 11) is 0. The van der Waals surface area contributed by atoms with E-state index in [1.165, 1.54) is 10.7 Å². The second kappa shape index (κ2) is 8.12. The van der Waals surface area contributed by atoms with Gasteiger partial charge in [-0.05, 0) is 30.0 Å². The standard InChI is InChI=1S/C21H22FN3O2/c1-14(2)13-25-21(27)17-9-5-4-8-16(17)19(24-25)20(26)23-12-11-15-7-3-6-10-18(15)22/h3-10,14H,11-13H2,1-2H3,(H,23,26). The first-order valence-electron chi connectivity index (χ1n) is 8.99. The molecule has 1 aromatic heterocycles. The summed E-state index contributed by atoms with van der Waals surface area (Å²) in [5.41, 5.74) is 0.544. The molecule has 0 saturated heterocycles. The van der Waals surface area contributed by atoms with Crippen molar-refractivity contribution in [2.45, 2.75) is 26.8 Å². The molecule has 0 bridgehead atoms. The van der Waals surface area contributed by atoms with Crippen LogP contribution in [0.15, 0.2) is 53.3 Å². The predicted octanol–water partition coefficient (Wildman–Crippen LogP) is 3.16. The lowest BCUT2D eigenvalue weighted by Gasteiger charge is -2.12. The van der Waals surface area contributed by atoms with Gasteiger partial charge in [0.15, 0.2) is 5.69 Å². The van der Waals surface area contributed by atoms with E-state index in [9.17, 15) is 14.0 Å². The minimum atomic E-state index is -0.375. The number of amides is 1. The average Bonchev–Trinajstić information content (AvgIpc) is 2.65. The zero-order valence-electron chi connectivity index (χ0n) is 15.4. The lowest BCUT2D eigenvalue weighted by Crippen LogP contribution is -2.32. The first-order valence-corrected chi connectivity index (χ1v) is 8.99. The molecule has 6 heteroatoms. The van der Waals surface area contributed by atoms with E-state index in [1.807, 2.05) is 13.8 Å². The highest BCUT2D eigenvalue weighted by molar-refractivity contribution is 6.04. The molecule has 0 aliphatic carbocycles. The quantitative estimate of drug-likeness (QED) is 0.728. The van der Waals surface area contributed by atoms with Crippen LogP contribution in [0.2, 0.25) is 0 Å². The van der Waals surface area contributed by atoms with Crippen LogP contribution in [0, 0.1) is 11.7 Å². The average molecular weight is 367 g/mol. The van der Waals surface area contributed by atoms with Crippen molar-refractivity contribution in [1.82, 2.24) is 15.1 Å². The van der Waals surface area contributed by atoms with Crippen molar-refractivity contribution in [2.75, 3.05) is 6.54 Å². The zero-order chi connectivity index (χ0) is 19.4. The van der Waals surface area contributed by atoms with Gasteiger partial charge in [-0.15, -0.1) is 0 Å². The van der Waals surface area contributed by atoms with Gasteiger partial charge in [0.05, 0.1) is 5.39 Å². The summed E-state index contributed by atoms with van der Waals surface area (Å²) in [5, 5.41) is 8.07. The third-order valence-electron chi connectivity index (χ3n) is 4.26. The fourth-order valence-electron chi connectivity index (χ4n) is 2.97. The van der Waals surface area contributed by atoms with Crippen molar-refractivity contribution in [3.05, 3.63) is 76.0 Å². The number of carbonyl (C=O) groups is 1. The van der Waals surface area contributed by atoms with Crippen LogP contribution in [0.25, 0.3) is 10.8 Å². The Labute approximate surface area is 156 Å². The Hall–Kier alpha value is -3.02. The highest BCUT2D eigenvalue weighted by Crippen LogP contribution is 2.14. The van der Waals surface area contributed by atoms with Crippen LogP contribution in [0.5, 0.6) is 0 Å². The lowest BCUT2D eigenvalue weighted by atomic mass is 10.1. The summed E-state index contributed by atoms with van der Waals surface area (Å²) in [4.78, 5) is 25.3. The maximum Gasteiger partial charge on any atom is 0.274 e. The number of carbonyl (C=O) groups excluding carboxylic acids is 1. The molecule has 0 radical (unpaired) electrons. The van der Waals surface area contributed by atoms with Gasteiger partial charge in [-0.2, -0.15) is 5.10 Å². The van der Waals surface area contributed by atoms with E-state index in [0.717, 1.165) is 0 Å². The van der Waals surface area contributed by atoms with Crippen molar-refractivity contribution in [2.24, 2.45) is 5.92 Å². The van der Waals surface area contributed by atoms with Gasteiger partial charge in [0, 0.05) is 18.5 Å². The van der Waals surface area contributed by atoms with Crippen LogP contribution in [0.4, 0.5) is 4.39 Å². The monoisotopic (exact) mass is 367 g/mol. The molecule has 140 valence electrons. The number of fused-ring (bicyclic) bond motifs is 1. The zero-order valence-corrected chi connectivity index (χ0v) is 15.4. The number of halogens is 1. The number of hydrogen-bond acceptors (Lipinski definition) is 3. The number of nitrogens with one attached hydrogen (secondary N) is 1. The molecular formula is C21H22FN3O2. The van der Waals surface area contributed by atoms with Crippen LogP contribution >= 0.6 is 0 Å². The van der Waals surface area contributed by atoms with Gasteiger partial charge in [0.2, 0.25) is 0 Å². The summed E-state index contributed by atoms with van der Waals surface area (Å²) in [6.07, 6.45) is 0.377. The minimum Gasteiger partial charge on any atom is -0.350 e. The van der Waals surface area contributed by atoms with Gasteiger partial charge >= 0.3 is 0 Å². The molecule has 1 amide bonds. The number of benzene rings is 2. The van der Waals surface area contributed by atoms with E-state index in [0.29, 0.717) is 29.3 Å². The third-order valence-corrected chi connectivity index (χ3v) is 4.26. The number of hydrogen-bond donors (Lipinski definition) is 1. The molecule has 3 aromatic rings. The fraction of sp³-hybridized carbons (Fsp3) is 0.286. The summed E-state index contributed by atoms with van der Waals surface area (Å²) in [6, 6.07) is 13.4. The maximum absolute atomic E-state index is 13.7. The van der Waals surface area contributed by atoms with E-state index in [-0.39, 0.29) is 35.4 Å². The molecule has 0 atom stereocenters. The Balaban J connectivity index is 1.86. The minimum absolute atomic E-state index is 0.206. The van der Waals surface area contributed by atoms with Gasteiger partial charge < -0.3 is 5.32 Å². The first-order chi connectivity index (χ1) is 13.0. The smallest absolute Gasteiger partial charge is 0.274 e. The van der Waals surface area contributed by atoms with Gasteiger partial charge in [0.1, 0.15) is 5.82 Å². The van der Waals surface area contributed by atoms with Crippen molar-refractivity contribution >= 4 is 16.7 Å². The van der Waals surface area contributed by atoms with E-state index in [4.69, 9.17) is 0 Å². The van der Waals surface area contributed by atoms with E-state index in [1.54, 1.807) is 42.5 Å². The largest absolute Gasteiger partial charge is 0.350 e. The summed E-state index contributed by atoms with van der Waals surface area (Å²) in [6.45, 7) is 4.67. The number of rotatable bonds is 6. The molecule has 0 saturated carbocycles. The molecule has 27 heavy (non-hydrogen) atoms. The summed E-state index contributed by atoms with van der Waals surface area (Å²) >= 11 is 0. The van der Waals surface area contributed by atoms with Gasteiger partial charge in [-0.1, -0.05) is 50.2 Å². The Bertz CT molecular complexity index is 1030. The van der Waals surface area contributed by atoms with Crippen molar-refractivity contribution in [3.63, 3.8) is 0 Å². The van der Waals surface area contributed by atoms with E-state index in [2.05, 4.69) is 10.4 Å². The third kappa shape index (κ3) is 4.22. The molecule has 1 heterocycles. The Kier molecular flexibility index (Phi) is 5.64. The second-order valence-corrected chi connectivity index (χ2v) is 6.87. The molecule has 0 aliphatic heterocycles. The Morgan fingerprint density at radius 2 is 1.78 bits per heavy atom. The van der Waals surface area contributed by atoms with Crippen molar-refractivity contribution in [3.8, 4) is 0 Å². The van der Waals surface area contributed by atoms with Crippen molar-refractivity contribution in [1.29, 1.82) is 0 Å². The van der Waals surface area contributed by atoms with Gasteiger partial charge in [-0.25, -0.2) is 9.07 Å². The Morgan fingerprint density at radius 3 is 2.48 bits per heavy atom. The van der Waals surface area contributed by atoms with Crippen LogP contribution in [0.3, 0.4) is 0 Å².